The summed E-state index contributed by atoms with van der Waals surface area (Å²) in [6, 6.07) is 1.65. The van der Waals surface area contributed by atoms with E-state index in [0.717, 1.165) is 0 Å². The Balaban J connectivity index is 3.32. The first-order valence-corrected chi connectivity index (χ1v) is 7.39. The molecule has 1 atom stereocenters. The van der Waals surface area contributed by atoms with Crippen molar-refractivity contribution in [2.75, 3.05) is 7.11 Å². The lowest BCUT2D eigenvalue weighted by atomic mass is 10.0. The van der Waals surface area contributed by atoms with Gasteiger partial charge in [0.15, 0.2) is 6.10 Å². The Bertz CT molecular complexity index is 533. The molecule has 0 saturated heterocycles. The average molecular weight is 460 g/mol. The highest BCUT2D eigenvalue weighted by Crippen LogP contribution is 2.35. The molecule has 1 aromatic rings. The molecule has 0 aliphatic carbocycles. The molecule has 0 aliphatic heterocycles. The normalized spacial score (nSPS) is 12.2. The van der Waals surface area contributed by atoms with Gasteiger partial charge in [0, 0.05) is 26.9 Å². The summed E-state index contributed by atoms with van der Waals surface area (Å²) in [5.74, 6) is -1.69. The van der Waals surface area contributed by atoms with Crippen LogP contribution >= 0.6 is 47.8 Å². The van der Waals surface area contributed by atoms with Crippen molar-refractivity contribution in [1.82, 2.24) is 0 Å². The van der Waals surface area contributed by atoms with Crippen LogP contribution in [0.25, 0.3) is 0 Å². The summed E-state index contributed by atoms with van der Waals surface area (Å²) >= 11 is 9.84. The number of carbonyl (C=O) groups excluding carboxylic acids is 1. The number of benzene rings is 1. The molecular weight excluding hydrogens is 450 g/mol. The van der Waals surface area contributed by atoms with E-state index in [0.29, 0.717) is 19.0 Å². The molecule has 5 nitrogen and oxygen atoms in total. The molecule has 8 heteroatoms. The summed E-state index contributed by atoms with van der Waals surface area (Å²) < 4.78 is 6.51. The summed E-state index contributed by atoms with van der Waals surface area (Å²) in [6.45, 7) is 0. The van der Waals surface area contributed by atoms with Gasteiger partial charge in [-0.25, -0.2) is 4.79 Å². The van der Waals surface area contributed by atoms with Crippen molar-refractivity contribution in [2.45, 2.75) is 12.5 Å². The Morgan fingerprint density at radius 1 is 1.37 bits per heavy atom. The minimum absolute atomic E-state index is 0.0978. The molecule has 0 saturated carbocycles. The number of halogens is 3. The zero-order chi connectivity index (χ0) is 14.7. The van der Waals surface area contributed by atoms with Crippen LogP contribution in [0.15, 0.2) is 19.5 Å². The Morgan fingerprint density at radius 2 is 1.95 bits per heavy atom. The van der Waals surface area contributed by atoms with Crippen LogP contribution in [0.5, 0.6) is 0 Å². The maximum Gasteiger partial charge on any atom is 0.333 e. The van der Waals surface area contributed by atoms with Gasteiger partial charge in [-0.05, 0) is 43.5 Å². The Hall–Kier alpha value is -0.440. The smallest absolute Gasteiger partial charge is 0.333 e. The zero-order valence-corrected chi connectivity index (χ0v) is 14.5. The summed E-state index contributed by atoms with van der Waals surface area (Å²) in [5.41, 5.74) is 6.16. The maximum absolute atomic E-state index is 11.4. The van der Waals surface area contributed by atoms with Crippen molar-refractivity contribution in [3.63, 3.8) is 0 Å². The lowest BCUT2D eigenvalue weighted by Gasteiger charge is -2.16. The number of ether oxygens (including phenoxy) is 1. The molecule has 3 N–H and O–H groups in total. The molecule has 19 heavy (non-hydrogen) atoms. The average Bonchev–Trinajstić information content (AvgIpc) is 2.27. The van der Waals surface area contributed by atoms with Crippen LogP contribution in [0.2, 0.25) is 0 Å². The largest absolute Gasteiger partial charge is 0.479 e. The van der Waals surface area contributed by atoms with Gasteiger partial charge in [-0.2, -0.15) is 0 Å². The minimum Gasteiger partial charge on any atom is -0.479 e. The van der Waals surface area contributed by atoms with Crippen molar-refractivity contribution >= 4 is 59.7 Å². The predicted molar refractivity (Wildman–Crippen MR) is 80.2 cm³/mol. The van der Waals surface area contributed by atoms with E-state index in [1.165, 1.54) is 7.11 Å². The van der Waals surface area contributed by atoms with Gasteiger partial charge < -0.3 is 15.6 Å². The van der Waals surface area contributed by atoms with Crippen LogP contribution in [0.4, 0.5) is 0 Å². The number of primary amides is 1. The van der Waals surface area contributed by atoms with Crippen molar-refractivity contribution in [2.24, 2.45) is 5.73 Å². The Morgan fingerprint density at radius 3 is 2.37 bits per heavy atom. The number of hydrogen-bond acceptors (Lipinski definition) is 3. The van der Waals surface area contributed by atoms with E-state index in [9.17, 15) is 9.59 Å². The van der Waals surface area contributed by atoms with E-state index in [4.69, 9.17) is 15.6 Å². The zero-order valence-electron chi connectivity index (χ0n) is 9.75. The van der Waals surface area contributed by atoms with Crippen molar-refractivity contribution in [3.05, 3.63) is 30.6 Å². The maximum atomic E-state index is 11.4. The van der Waals surface area contributed by atoms with Crippen LogP contribution in [0.3, 0.4) is 0 Å². The first-order chi connectivity index (χ1) is 8.79. The number of rotatable bonds is 5. The fourth-order valence-corrected chi connectivity index (χ4v) is 4.34. The number of methoxy groups -OCH3 is 1. The molecule has 1 amide bonds. The van der Waals surface area contributed by atoms with E-state index in [1.807, 2.05) is 0 Å². The molecule has 1 aromatic carbocycles. The monoisotopic (exact) mass is 457 g/mol. The van der Waals surface area contributed by atoms with Gasteiger partial charge >= 0.3 is 5.97 Å². The van der Waals surface area contributed by atoms with Crippen molar-refractivity contribution < 1.29 is 19.4 Å². The van der Waals surface area contributed by atoms with E-state index < -0.39 is 18.0 Å². The number of hydrogen-bond donors (Lipinski definition) is 2. The van der Waals surface area contributed by atoms with E-state index in [1.54, 1.807) is 6.07 Å². The van der Waals surface area contributed by atoms with Crippen molar-refractivity contribution in [3.8, 4) is 0 Å². The summed E-state index contributed by atoms with van der Waals surface area (Å²) in [7, 11) is 1.31. The third kappa shape index (κ3) is 3.77. The van der Waals surface area contributed by atoms with Crippen molar-refractivity contribution in [1.29, 1.82) is 0 Å². The number of carboxylic acids is 1. The van der Waals surface area contributed by atoms with Gasteiger partial charge in [-0.15, -0.1) is 0 Å². The lowest BCUT2D eigenvalue weighted by Crippen LogP contribution is -2.25. The first-order valence-electron chi connectivity index (χ1n) is 5.01. The SMILES string of the molecule is COC(Cc1c(Br)cc(Br)c(C(N)=O)c1Br)C(=O)O. The second kappa shape index (κ2) is 6.83. The molecule has 1 rings (SSSR count). The topological polar surface area (TPSA) is 89.6 Å². The number of nitrogens with two attached hydrogens (primary N) is 1. The Labute approximate surface area is 134 Å². The molecule has 0 aliphatic rings. The van der Waals surface area contributed by atoms with Gasteiger partial charge in [0.1, 0.15) is 0 Å². The molecule has 0 bridgehead atoms. The number of carbonyl (C=O) groups is 2. The highest BCUT2D eigenvalue weighted by molar-refractivity contribution is 9.11. The van der Waals surface area contributed by atoms with Gasteiger partial charge in [0.25, 0.3) is 5.91 Å². The molecule has 0 spiro atoms. The summed E-state index contributed by atoms with van der Waals surface area (Å²) in [4.78, 5) is 22.4. The quantitative estimate of drug-likeness (QED) is 0.708. The van der Waals surface area contributed by atoms with Gasteiger partial charge in [-0.3, -0.25) is 4.79 Å². The second-order valence-corrected chi connectivity index (χ2v) is 6.14. The molecule has 0 fully saturated rings. The molecular formula is C11H10Br3NO4. The standard InChI is InChI=1S/C11H10Br3NO4/c1-19-7(11(17)18)2-4-5(12)3-6(13)8(9(4)14)10(15)16/h3,7H,2H2,1H3,(H2,15,16)(H,17,18). The highest BCUT2D eigenvalue weighted by Gasteiger charge is 2.23. The van der Waals surface area contributed by atoms with Gasteiger partial charge in [0.05, 0.1) is 5.56 Å². The van der Waals surface area contributed by atoms with Gasteiger partial charge in [-0.1, -0.05) is 15.9 Å². The lowest BCUT2D eigenvalue weighted by molar-refractivity contribution is -0.148. The molecule has 0 aromatic heterocycles. The van der Waals surface area contributed by atoms with Crippen LogP contribution in [-0.4, -0.2) is 30.2 Å². The highest BCUT2D eigenvalue weighted by atomic mass is 79.9. The van der Waals surface area contributed by atoms with Crippen LogP contribution in [0, 0.1) is 0 Å². The Kier molecular flexibility index (Phi) is 5.97. The fourth-order valence-electron chi connectivity index (χ4n) is 1.50. The fraction of sp³-hybridized carbons (Fsp3) is 0.273. The van der Waals surface area contributed by atoms with Crippen LogP contribution in [0.1, 0.15) is 15.9 Å². The van der Waals surface area contributed by atoms with E-state index in [2.05, 4.69) is 47.8 Å². The molecule has 0 radical (unpaired) electrons. The molecule has 0 heterocycles. The molecule has 1 unspecified atom stereocenters. The third-order valence-electron chi connectivity index (χ3n) is 2.46. The van der Waals surface area contributed by atoms with E-state index >= 15 is 0 Å². The van der Waals surface area contributed by atoms with Crippen LogP contribution in [-0.2, 0) is 16.0 Å². The second-order valence-electron chi connectivity index (χ2n) is 3.64. The minimum atomic E-state index is -1.08. The third-order valence-corrected chi connectivity index (χ3v) is 4.67. The van der Waals surface area contributed by atoms with Crippen LogP contribution < -0.4 is 5.73 Å². The summed E-state index contributed by atoms with van der Waals surface area (Å²) in [6.07, 6.45) is -0.907. The summed E-state index contributed by atoms with van der Waals surface area (Å²) in [5, 5.41) is 8.99. The number of carboxylic acid groups (broad SMARTS) is 1. The van der Waals surface area contributed by atoms with E-state index in [-0.39, 0.29) is 12.0 Å². The number of aliphatic carboxylic acids is 1. The predicted octanol–water partition coefficient (Wildman–Crippen LogP) is 2.72. The first kappa shape index (κ1) is 16.6. The number of amides is 1. The van der Waals surface area contributed by atoms with Gasteiger partial charge in [0.2, 0.25) is 0 Å². The molecule has 104 valence electrons.